The van der Waals surface area contributed by atoms with Crippen LogP contribution in [0.25, 0.3) is 199 Å². The lowest BCUT2D eigenvalue weighted by Crippen LogP contribution is -2.34. The molecule has 16 aromatic carbocycles. The molecular formula is C96H56N6O4. The SMILES string of the molecule is c1ccc(C2=NC(c3cc(-c4cccc5c4oc4cc(-c6ccc(-c7ccc(-c8nc(-c9ccc%10ccccc%10c9)nc(-c9cc(-c%10cccc%11c%10oc%10ccccc%10%11)cc%10oc%11ccccc%11c9%10)n8)cc7)cc6)ccc45)cc4oc5ccccc5c34)NC(c3cc4ccccc4c4ccccc34)=N2)cc1. The van der Waals surface area contributed by atoms with Gasteiger partial charge in [0.05, 0.1) is 0 Å². The number of hydrogen-bond donors (Lipinski definition) is 1. The van der Waals surface area contributed by atoms with Crippen molar-refractivity contribution in [1.29, 1.82) is 0 Å². The second-order valence-corrected chi connectivity index (χ2v) is 27.3. The number of hydrogen-bond acceptors (Lipinski definition) is 10. The lowest BCUT2D eigenvalue weighted by atomic mass is 9.94. The number of nitrogens with zero attached hydrogens (tertiary/aromatic N) is 5. The van der Waals surface area contributed by atoms with E-state index >= 15 is 0 Å². The number of nitrogens with one attached hydrogen (secondary N) is 1. The first kappa shape index (κ1) is 59.3. The van der Waals surface area contributed by atoms with Crippen molar-refractivity contribution in [2.24, 2.45) is 9.98 Å². The highest BCUT2D eigenvalue weighted by molar-refractivity contribution is 6.23. The molecule has 6 heterocycles. The van der Waals surface area contributed by atoms with Gasteiger partial charge in [-0.25, -0.2) is 24.9 Å². The Kier molecular flexibility index (Phi) is 13.2. The maximum atomic E-state index is 7.07. The Hall–Kier alpha value is -14.4. The minimum atomic E-state index is -0.559. The van der Waals surface area contributed by atoms with E-state index < -0.39 is 6.17 Å². The molecule has 0 fully saturated rings. The number of aromatic nitrogens is 3. The van der Waals surface area contributed by atoms with E-state index in [-0.39, 0.29) is 0 Å². The van der Waals surface area contributed by atoms with Gasteiger partial charge in [0.2, 0.25) is 0 Å². The van der Waals surface area contributed by atoms with Gasteiger partial charge in [-0.1, -0.05) is 261 Å². The number of furan rings is 4. The van der Waals surface area contributed by atoms with E-state index in [1.807, 2.05) is 66.7 Å². The van der Waals surface area contributed by atoms with Crippen LogP contribution >= 0.6 is 0 Å². The van der Waals surface area contributed by atoms with Crippen LogP contribution in [0.4, 0.5) is 0 Å². The van der Waals surface area contributed by atoms with E-state index in [0.29, 0.717) is 23.3 Å². The number of fused-ring (bicyclic) bond motifs is 16. The monoisotopic (exact) mass is 1360 g/mol. The molecule has 0 saturated carbocycles. The lowest BCUT2D eigenvalue weighted by molar-refractivity contribution is 0.662. The van der Waals surface area contributed by atoms with Gasteiger partial charge in [-0.3, -0.25) is 0 Å². The van der Waals surface area contributed by atoms with Crippen molar-refractivity contribution in [3.8, 4) is 78.7 Å². The smallest absolute Gasteiger partial charge is 0.164 e. The molecule has 21 aromatic rings. The van der Waals surface area contributed by atoms with Crippen molar-refractivity contribution in [3.05, 3.63) is 344 Å². The van der Waals surface area contributed by atoms with Crippen LogP contribution in [0, 0.1) is 0 Å². The van der Waals surface area contributed by atoms with Crippen LogP contribution in [-0.4, -0.2) is 26.6 Å². The fraction of sp³-hybridized carbons (Fsp3) is 0.0104. The Morgan fingerprint density at radius 2 is 0.736 bits per heavy atom. The van der Waals surface area contributed by atoms with Crippen LogP contribution in [0.2, 0.25) is 0 Å². The Morgan fingerprint density at radius 3 is 1.44 bits per heavy atom. The molecule has 494 valence electrons. The maximum Gasteiger partial charge on any atom is 0.164 e. The molecule has 1 N–H and O–H groups in total. The predicted molar refractivity (Wildman–Crippen MR) is 431 cm³/mol. The molecule has 106 heavy (non-hydrogen) atoms. The third-order valence-electron chi connectivity index (χ3n) is 21.2. The van der Waals surface area contributed by atoms with Gasteiger partial charge in [-0.2, -0.15) is 0 Å². The lowest BCUT2D eigenvalue weighted by Gasteiger charge is -2.25. The second kappa shape index (κ2) is 23.6. The highest BCUT2D eigenvalue weighted by atomic mass is 16.3. The summed E-state index contributed by atoms with van der Waals surface area (Å²) in [6.07, 6.45) is -0.559. The molecule has 10 nitrogen and oxygen atoms in total. The molecule has 0 amide bonds. The molecular weight excluding hydrogens is 1300 g/mol. The molecule has 1 aliphatic rings. The quantitative estimate of drug-likeness (QED) is 0.134. The third-order valence-corrected chi connectivity index (χ3v) is 21.2. The summed E-state index contributed by atoms with van der Waals surface area (Å²) < 4.78 is 27.2. The standard InChI is InChI=1S/C96H56N6O4/c1-2-19-59(20-3-1)91-98-94(78-49-63-22-6-7-23-67(63)70-24-8-9-25-71(70)78)102-96(99-91)80-51-66(54-86-88(80)77-28-12-15-35-83(77)104-86)69-30-17-32-75-73-47-46-62(52-84(73)106-90(69)75)58-38-36-56(37-39-58)57-40-43-60(44-41-57)92-97-93(64-45-42-55-18-4-5-21-61(55)48-64)101-95(100-92)79-50-65(53-85-87(79)76-27-11-14-34-82(76)103-85)68-29-16-31-74-72-26-10-13-33-81(72)105-89(68)74/h1-54,96H,(H,98,99,102). The van der Waals surface area contributed by atoms with E-state index in [9.17, 15) is 0 Å². The molecule has 1 aliphatic heterocycles. The number of para-hydroxylation sites is 5. The maximum absolute atomic E-state index is 7.07. The highest BCUT2D eigenvalue weighted by Gasteiger charge is 2.29. The van der Waals surface area contributed by atoms with E-state index in [1.54, 1.807) is 0 Å². The molecule has 0 aliphatic carbocycles. The van der Waals surface area contributed by atoms with E-state index in [4.69, 9.17) is 42.6 Å². The minimum Gasteiger partial charge on any atom is -0.456 e. The summed E-state index contributed by atoms with van der Waals surface area (Å²) in [7, 11) is 0. The molecule has 0 spiro atoms. The van der Waals surface area contributed by atoms with Gasteiger partial charge >= 0.3 is 0 Å². The topological polar surface area (TPSA) is 128 Å². The van der Waals surface area contributed by atoms with E-state index in [2.05, 4.69) is 266 Å². The second-order valence-electron chi connectivity index (χ2n) is 27.3. The van der Waals surface area contributed by atoms with Crippen LogP contribution in [0.15, 0.2) is 355 Å². The summed E-state index contributed by atoms with van der Waals surface area (Å²) in [5, 5.41) is 18.8. The van der Waals surface area contributed by atoms with Gasteiger partial charge in [-0.15, -0.1) is 0 Å². The van der Waals surface area contributed by atoms with Gasteiger partial charge < -0.3 is 23.0 Å². The van der Waals surface area contributed by atoms with Crippen molar-refractivity contribution in [2.45, 2.75) is 6.17 Å². The number of benzene rings is 16. The first-order chi connectivity index (χ1) is 52.5. The summed E-state index contributed by atoms with van der Waals surface area (Å²) in [4.78, 5) is 26.9. The fourth-order valence-corrected chi connectivity index (χ4v) is 16.1. The van der Waals surface area contributed by atoms with Crippen LogP contribution in [0.5, 0.6) is 0 Å². The average molecular weight is 1360 g/mol. The molecule has 0 bridgehead atoms. The van der Waals surface area contributed by atoms with Gasteiger partial charge in [0.1, 0.15) is 56.7 Å². The largest absolute Gasteiger partial charge is 0.456 e. The van der Waals surface area contributed by atoms with E-state index in [0.717, 1.165) is 198 Å². The summed E-state index contributed by atoms with van der Waals surface area (Å²) in [5.41, 5.74) is 19.7. The first-order valence-electron chi connectivity index (χ1n) is 35.6. The molecule has 0 saturated heterocycles. The molecule has 1 atom stereocenters. The fourth-order valence-electron chi connectivity index (χ4n) is 16.1. The van der Waals surface area contributed by atoms with Crippen molar-refractivity contribution in [1.82, 2.24) is 20.3 Å². The Bertz CT molecular complexity index is 7310. The Morgan fingerprint density at radius 1 is 0.245 bits per heavy atom. The normalized spacial score (nSPS) is 13.4. The molecule has 5 aromatic heterocycles. The first-order valence-corrected chi connectivity index (χ1v) is 35.6. The van der Waals surface area contributed by atoms with Crippen molar-refractivity contribution < 1.29 is 17.7 Å². The molecule has 0 radical (unpaired) electrons. The summed E-state index contributed by atoms with van der Waals surface area (Å²) in [5.74, 6) is 3.01. The predicted octanol–water partition coefficient (Wildman–Crippen LogP) is 25.1. The summed E-state index contributed by atoms with van der Waals surface area (Å²) >= 11 is 0. The van der Waals surface area contributed by atoms with Crippen LogP contribution < -0.4 is 5.32 Å². The zero-order valence-electron chi connectivity index (χ0n) is 56.6. The van der Waals surface area contributed by atoms with Crippen molar-refractivity contribution in [3.63, 3.8) is 0 Å². The third kappa shape index (κ3) is 9.69. The average Bonchev–Trinajstić information content (AvgIpc) is 1.52. The summed E-state index contributed by atoms with van der Waals surface area (Å²) in [6.45, 7) is 0. The number of amidine groups is 2. The van der Waals surface area contributed by atoms with Crippen molar-refractivity contribution in [2.75, 3.05) is 0 Å². The molecule has 10 heteroatoms. The molecule has 1 unspecified atom stereocenters. The zero-order chi connectivity index (χ0) is 69.5. The van der Waals surface area contributed by atoms with Gasteiger partial charge in [0.15, 0.2) is 23.3 Å². The van der Waals surface area contributed by atoms with Crippen molar-refractivity contribution >= 4 is 132 Å². The van der Waals surface area contributed by atoms with E-state index in [1.165, 1.54) is 5.39 Å². The number of rotatable bonds is 10. The van der Waals surface area contributed by atoms with Gasteiger partial charge in [0.25, 0.3) is 0 Å². The highest BCUT2D eigenvalue weighted by Crippen LogP contribution is 2.46. The zero-order valence-corrected chi connectivity index (χ0v) is 56.6. The Labute approximate surface area is 605 Å². The van der Waals surface area contributed by atoms with Crippen LogP contribution in [-0.2, 0) is 0 Å². The summed E-state index contributed by atoms with van der Waals surface area (Å²) in [6, 6.07) is 114. The molecule has 22 rings (SSSR count). The van der Waals surface area contributed by atoms with Crippen LogP contribution in [0.3, 0.4) is 0 Å². The van der Waals surface area contributed by atoms with Crippen LogP contribution in [0.1, 0.15) is 22.9 Å². The Balaban J connectivity index is 0.608. The van der Waals surface area contributed by atoms with Gasteiger partial charge in [0, 0.05) is 87.6 Å². The number of aliphatic imine (C=N–C) groups is 2. The van der Waals surface area contributed by atoms with Gasteiger partial charge in [-0.05, 0) is 132 Å². The minimum absolute atomic E-state index is 0.525.